The summed E-state index contributed by atoms with van der Waals surface area (Å²) in [7, 11) is -4.23. The van der Waals surface area contributed by atoms with Crippen LogP contribution in [-0.4, -0.2) is 38.4 Å². The molecule has 106 valence electrons. The number of unbranched alkanes of at least 4 members (excludes halogenated alkanes) is 9. The van der Waals surface area contributed by atoms with Crippen LogP contribution in [0.2, 0.25) is 0 Å². The van der Waals surface area contributed by atoms with Crippen molar-refractivity contribution in [1.29, 1.82) is 0 Å². The van der Waals surface area contributed by atoms with Crippen molar-refractivity contribution >= 4 is 29.3 Å². The van der Waals surface area contributed by atoms with E-state index >= 15 is 0 Å². The Kier molecular flexibility index (Phi) is 16.0. The van der Waals surface area contributed by atoms with Crippen LogP contribution in [0.5, 0.6) is 0 Å². The average Bonchev–Trinajstić information content (AvgIpc) is 2.24. The molecule has 0 saturated carbocycles. The van der Waals surface area contributed by atoms with Gasteiger partial charge in [0.25, 0.3) is 0 Å². The monoisotopic (exact) mass is 274 g/mol. The van der Waals surface area contributed by atoms with E-state index in [1.807, 2.05) is 0 Å². The molecule has 0 aliphatic rings. The first-order chi connectivity index (χ1) is 8.06. The standard InChI is InChI=1S/C12H26O4S.Li.H/c1-2-3-4-5-6-7-8-9-10-11-12-16-17(13,14)15;;/h2-12H2,1H3,(H,13,14,15);;. The molecule has 18 heavy (non-hydrogen) atoms. The third-order valence-electron chi connectivity index (χ3n) is 2.73. The predicted molar refractivity (Wildman–Crippen MR) is 76.5 cm³/mol. The van der Waals surface area contributed by atoms with Crippen LogP contribution >= 0.6 is 0 Å². The van der Waals surface area contributed by atoms with Gasteiger partial charge in [0.15, 0.2) is 0 Å². The van der Waals surface area contributed by atoms with E-state index in [2.05, 4.69) is 11.1 Å². The van der Waals surface area contributed by atoms with Crippen LogP contribution in [0, 0.1) is 0 Å². The maximum absolute atomic E-state index is 10.2. The van der Waals surface area contributed by atoms with Crippen molar-refractivity contribution in [2.45, 2.75) is 71.1 Å². The van der Waals surface area contributed by atoms with Crippen molar-refractivity contribution in [3.63, 3.8) is 0 Å². The predicted octanol–water partition coefficient (Wildman–Crippen LogP) is 3.08. The third kappa shape index (κ3) is 18.8. The van der Waals surface area contributed by atoms with Crippen LogP contribution in [0.3, 0.4) is 0 Å². The summed E-state index contributed by atoms with van der Waals surface area (Å²) in [6.45, 7) is 2.31. The van der Waals surface area contributed by atoms with E-state index in [1.54, 1.807) is 0 Å². The second-order valence-corrected chi connectivity index (χ2v) is 5.52. The summed E-state index contributed by atoms with van der Waals surface area (Å²) in [5.74, 6) is 0. The Hall–Kier alpha value is 0.467. The molecular weight excluding hydrogens is 247 g/mol. The van der Waals surface area contributed by atoms with Gasteiger partial charge in [-0.15, -0.1) is 0 Å². The van der Waals surface area contributed by atoms with Gasteiger partial charge in [-0.2, -0.15) is 8.42 Å². The molecular formula is C12H27LiO4S. The van der Waals surface area contributed by atoms with E-state index in [4.69, 9.17) is 4.55 Å². The zero-order chi connectivity index (χ0) is 13.0. The van der Waals surface area contributed by atoms with E-state index in [0.29, 0.717) is 6.42 Å². The fourth-order valence-corrected chi connectivity index (χ4v) is 2.08. The van der Waals surface area contributed by atoms with Crippen LogP contribution in [0.15, 0.2) is 0 Å². The minimum atomic E-state index is -4.23. The van der Waals surface area contributed by atoms with Gasteiger partial charge in [-0.3, -0.25) is 4.55 Å². The molecule has 0 spiro atoms. The van der Waals surface area contributed by atoms with E-state index in [9.17, 15) is 8.42 Å². The molecule has 0 atom stereocenters. The summed E-state index contributed by atoms with van der Waals surface area (Å²) in [4.78, 5) is 0. The molecule has 0 heterocycles. The molecule has 0 bridgehead atoms. The first kappa shape index (κ1) is 20.8. The Morgan fingerprint density at radius 2 is 1.22 bits per heavy atom. The molecule has 1 N–H and O–H groups in total. The van der Waals surface area contributed by atoms with Crippen molar-refractivity contribution in [3.05, 3.63) is 0 Å². The Morgan fingerprint density at radius 3 is 1.61 bits per heavy atom. The van der Waals surface area contributed by atoms with Gasteiger partial charge in [0.1, 0.15) is 0 Å². The molecule has 0 aliphatic heterocycles. The topological polar surface area (TPSA) is 63.6 Å². The first-order valence-corrected chi connectivity index (χ1v) is 8.04. The molecule has 0 rings (SSSR count). The summed E-state index contributed by atoms with van der Waals surface area (Å²) >= 11 is 0. The van der Waals surface area contributed by atoms with Gasteiger partial charge in [0, 0.05) is 0 Å². The Labute approximate surface area is 124 Å². The second kappa shape index (κ2) is 13.9. The van der Waals surface area contributed by atoms with Gasteiger partial charge in [-0.25, -0.2) is 4.18 Å². The fraction of sp³-hybridized carbons (Fsp3) is 1.00. The fourth-order valence-electron chi connectivity index (χ4n) is 1.75. The maximum atomic E-state index is 10.2. The Morgan fingerprint density at radius 1 is 0.833 bits per heavy atom. The van der Waals surface area contributed by atoms with Gasteiger partial charge >= 0.3 is 29.3 Å². The van der Waals surface area contributed by atoms with Crippen molar-refractivity contribution in [1.82, 2.24) is 0 Å². The molecule has 6 heteroatoms. The summed E-state index contributed by atoms with van der Waals surface area (Å²) in [6, 6.07) is 0. The molecule has 0 aliphatic carbocycles. The summed E-state index contributed by atoms with van der Waals surface area (Å²) in [6.07, 6.45) is 11.9. The molecule has 0 unspecified atom stereocenters. The Balaban J connectivity index is 0. The summed E-state index contributed by atoms with van der Waals surface area (Å²) in [5.41, 5.74) is 0. The Bertz CT molecular complexity index is 255. The summed E-state index contributed by atoms with van der Waals surface area (Å²) in [5, 5.41) is 0. The van der Waals surface area contributed by atoms with Gasteiger partial charge < -0.3 is 0 Å². The van der Waals surface area contributed by atoms with Crippen LogP contribution < -0.4 is 0 Å². The molecule has 0 aromatic heterocycles. The minimum absolute atomic E-state index is 0. The zero-order valence-electron chi connectivity index (χ0n) is 10.9. The third-order valence-corrected chi connectivity index (χ3v) is 3.19. The molecule has 0 saturated heterocycles. The van der Waals surface area contributed by atoms with Crippen molar-refractivity contribution in [3.8, 4) is 0 Å². The molecule has 0 radical (unpaired) electrons. The van der Waals surface area contributed by atoms with Gasteiger partial charge in [0.2, 0.25) is 0 Å². The quantitative estimate of drug-likeness (QED) is 0.337. The van der Waals surface area contributed by atoms with Crippen LogP contribution in [0.4, 0.5) is 0 Å². The molecule has 4 nitrogen and oxygen atoms in total. The zero-order valence-corrected chi connectivity index (χ0v) is 11.7. The van der Waals surface area contributed by atoms with E-state index in [0.717, 1.165) is 12.8 Å². The van der Waals surface area contributed by atoms with Crippen LogP contribution in [0.25, 0.3) is 0 Å². The van der Waals surface area contributed by atoms with Crippen molar-refractivity contribution in [2.75, 3.05) is 6.61 Å². The molecule has 0 amide bonds. The number of rotatable bonds is 12. The van der Waals surface area contributed by atoms with Gasteiger partial charge in [0.05, 0.1) is 6.61 Å². The average molecular weight is 274 g/mol. The molecule has 0 aromatic carbocycles. The van der Waals surface area contributed by atoms with Gasteiger partial charge in [-0.05, 0) is 6.42 Å². The SMILES string of the molecule is CCCCCCCCCCCCOS(=O)(=O)O.[LiH]. The van der Waals surface area contributed by atoms with E-state index in [1.165, 1.54) is 44.9 Å². The van der Waals surface area contributed by atoms with Crippen LogP contribution in [-0.2, 0) is 14.6 Å². The molecule has 0 aromatic rings. The van der Waals surface area contributed by atoms with Crippen LogP contribution in [0.1, 0.15) is 71.1 Å². The van der Waals surface area contributed by atoms with Gasteiger partial charge in [-0.1, -0.05) is 64.7 Å². The second-order valence-electron chi connectivity index (χ2n) is 4.43. The van der Waals surface area contributed by atoms with Crippen molar-refractivity contribution in [2.24, 2.45) is 0 Å². The van der Waals surface area contributed by atoms with E-state index in [-0.39, 0.29) is 25.5 Å². The first-order valence-electron chi connectivity index (χ1n) is 6.68. The molecule has 0 fully saturated rings. The normalized spacial score (nSPS) is 11.2. The summed E-state index contributed by atoms with van der Waals surface area (Å²) < 4.78 is 33.0. The number of hydrogen-bond acceptors (Lipinski definition) is 3. The number of hydrogen-bond donors (Lipinski definition) is 1. The van der Waals surface area contributed by atoms with Crippen molar-refractivity contribution < 1.29 is 17.2 Å². The van der Waals surface area contributed by atoms with E-state index < -0.39 is 10.4 Å².